The van der Waals surface area contributed by atoms with E-state index in [0.29, 0.717) is 0 Å². The quantitative estimate of drug-likeness (QED) is 0.574. The number of hydrogen-bond donors (Lipinski definition) is 0. The summed E-state index contributed by atoms with van der Waals surface area (Å²) >= 11 is 0. The molecule has 0 fully saturated rings. The van der Waals surface area contributed by atoms with Crippen molar-refractivity contribution in [2.24, 2.45) is 0 Å². The van der Waals surface area contributed by atoms with Gasteiger partial charge >= 0.3 is 0 Å². The highest BCUT2D eigenvalue weighted by Gasteiger charge is 1.96. The highest BCUT2D eigenvalue weighted by Crippen LogP contribution is 2.04. The molecule has 2 aromatic rings. The number of Topliss-reactive ketones (excluding diaryl/α,β-unsaturated/α-hetero) is 1. The van der Waals surface area contributed by atoms with Crippen LogP contribution in [0, 0.1) is 11.8 Å². The Kier molecular flexibility index (Phi) is 3.94. The Bertz CT molecular complexity index is 583. The second-order valence-electron chi connectivity index (χ2n) is 4.10. The van der Waals surface area contributed by atoms with Crippen LogP contribution in [0.15, 0.2) is 54.6 Å². The first-order chi connectivity index (χ1) is 8.75. The van der Waals surface area contributed by atoms with Crippen LogP contribution >= 0.6 is 0 Å². The zero-order chi connectivity index (χ0) is 12.8. The smallest absolute Gasteiger partial charge is 0.159 e. The summed E-state index contributed by atoms with van der Waals surface area (Å²) in [6, 6.07) is 17.5. The van der Waals surface area contributed by atoms with E-state index >= 15 is 0 Å². The van der Waals surface area contributed by atoms with Gasteiger partial charge in [0.15, 0.2) is 5.78 Å². The molecule has 18 heavy (non-hydrogen) atoms. The average Bonchev–Trinajstić information content (AvgIpc) is 2.40. The summed E-state index contributed by atoms with van der Waals surface area (Å²) in [6.45, 7) is 1.57. The van der Waals surface area contributed by atoms with Crippen LogP contribution in [0.1, 0.15) is 28.4 Å². The third kappa shape index (κ3) is 3.33. The van der Waals surface area contributed by atoms with Gasteiger partial charge in [-0.2, -0.15) is 0 Å². The van der Waals surface area contributed by atoms with E-state index in [0.717, 1.165) is 17.5 Å². The topological polar surface area (TPSA) is 17.1 Å². The first-order valence-electron chi connectivity index (χ1n) is 5.89. The summed E-state index contributed by atoms with van der Waals surface area (Å²) in [5.74, 6) is 6.31. The molecule has 0 saturated carbocycles. The minimum absolute atomic E-state index is 0.0822. The average molecular weight is 234 g/mol. The lowest BCUT2D eigenvalue weighted by molar-refractivity contribution is 0.101. The van der Waals surface area contributed by atoms with E-state index < -0.39 is 0 Å². The van der Waals surface area contributed by atoms with Crippen molar-refractivity contribution in [2.45, 2.75) is 13.3 Å². The van der Waals surface area contributed by atoms with Crippen molar-refractivity contribution in [1.82, 2.24) is 0 Å². The van der Waals surface area contributed by atoms with Gasteiger partial charge in [-0.15, -0.1) is 0 Å². The maximum atomic E-state index is 11.1. The number of rotatable bonds is 2. The standard InChI is InChI=1S/C17H14O/c1-14(18)17-12-10-16(11-13-17)9-5-8-15-6-3-2-4-7-15/h2-4,6-7,10-13H,8H2,1H3. The van der Waals surface area contributed by atoms with Crippen molar-refractivity contribution in [3.8, 4) is 11.8 Å². The van der Waals surface area contributed by atoms with Gasteiger partial charge in [-0.3, -0.25) is 4.79 Å². The lowest BCUT2D eigenvalue weighted by Crippen LogP contribution is -1.90. The lowest BCUT2D eigenvalue weighted by atomic mass is 10.1. The molecule has 0 heterocycles. The molecule has 0 atom stereocenters. The van der Waals surface area contributed by atoms with E-state index in [1.165, 1.54) is 5.56 Å². The Morgan fingerprint density at radius 1 is 1.00 bits per heavy atom. The fraction of sp³-hybridized carbons (Fsp3) is 0.118. The van der Waals surface area contributed by atoms with Crippen molar-refractivity contribution >= 4 is 5.78 Å². The molecule has 0 bridgehead atoms. The van der Waals surface area contributed by atoms with E-state index in [1.807, 2.05) is 42.5 Å². The summed E-state index contributed by atoms with van der Waals surface area (Å²) in [5.41, 5.74) is 2.88. The molecule has 0 amide bonds. The monoisotopic (exact) mass is 234 g/mol. The van der Waals surface area contributed by atoms with Crippen LogP contribution in [-0.4, -0.2) is 5.78 Å². The van der Waals surface area contributed by atoms with Crippen molar-refractivity contribution in [1.29, 1.82) is 0 Å². The molecule has 0 N–H and O–H groups in total. The molecule has 2 rings (SSSR count). The summed E-state index contributed by atoms with van der Waals surface area (Å²) in [5, 5.41) is 0. The van der Waals surface area contributed by atoms with Crippen molar-refractivity contribution in [3.63, 3.8) is 0 Å². The van der Waals surface area contributed by atoms with Gasteiger partial charge in [0, 0.05) is 17.5 Å². The molecule has 88 valence electrons. The van der Waals surface area contributed by atoms with Crippen LogP contribution in [0.2, 0.25) is 0 Å². The Balaban J connectivity index is 2.04. The molecular weight excluding hydrogens is 220 g/mol. The van der Waals surface area contributed by atoms with Gasteiger partial charge in [0.1, 0.15) is 0 Å². The molecule has 0 radical (unpaired) electrons. The minimum Gasteiger partial charge on any atom is -0.295 e. The lowest BCUT2D eigenvalue weighted by Gasteiger charge is -1.95. The number of carbonyl (C=O) groups is 1. The Labute approximate surface area is 107 Å². The first kappa shape index (κ1) is 12.1. The Morgan fingerprint density at radius 2 is 1.67 bits per heavy atom. The second-order valence-corrected chi connectivity index (χ2v) is 4.10. The summed E-state index contributed by atoms with van der Waals surface area (Å²) in [4.78, 5) is 11.1. The van der Waals surface area contributed by atoms with Gasteiger partial charge in [0.2, 0.25) is 0 Å². The molecule has 0 saturated heterocycles. The SMILES string of the molecule is CC(=O)c1ccc(C#CCc2ccccc2)cc1. The summed E-state index contributed by atoms with van der Waals surface area (Å²) < 4.78 is 0. The molecule has 0 spiro atoms. The van der Waals surface area contributed by atoms with Gasteiger partial charge in [-0.05, 0) is 24.6 Å². The predicted molar refractivity (Wildman–Crippen MR) is 73.5 cm³/mol. The third-order valence-electron chi connectivity index (χ3n) is 2.66. The fourth-order valence-electron chi connectivity index (χ4n) is 1.63. The first-order valence-corrected chi connectivity index (χ1v) is 5.89. The van der Waals surface area contributed by atoms with Gasteiger partial charge in [-0.1, -0.05) is 54.3 Å². The third-order valence-corrected chi connectivity index (χ3v) is 2.66. The zero-order valence-corrected chi connectivity index (χ0v) is 10.3. The van der Waals surface area contributed by atoms with E-state index in [2.05, 4.69) is 24.0 Å². The molecule has 1 heteroatoms. The minimum atomic E-state index is 0.0822. The van der Waals surface area contributed by atoms with Crippen molar-refractivity contribution in [2.75, 3.05) is 0 Å². The summed E-state index contributed by atoms with van der Waals surface area (Å²) in [7, 11) is 0. The van der Waals surface area contributed by atoms with Crippen molar-refractivity contribution in [3.05, 3.63) is 71.3 Å². The number of benzene rings is 2. The highest BCUT2D eigenvalue weighted by molar-refractivity contribution is 5.94. The maximum absolute atomic E-state index is 11.1. The van der Waals surface area contributed by atoms with Crippen LogP contribution in [0.5, 0.6) is 0 Å². The molecule has 0 unspecified atom stereocenters. The van der Waals surface area contributed by atoms with Crippen LogP contribution in [0.3, 0.4) is 0 Å². The van der Waals surface area contributed by atoms with E-state index in [9.17, 15) is 4.79 Å². The molecule has 0 aliphatic carbocycles. The van der Waals surface area contributed by atoms with Gasteiger partial charge in [0.05, 0.1) is 0 Å². The molecule has 2 aromatic carbocycles. The van der Waals surface area contributed by atoms with Gasteiger partial charge < -0.3 is 0 Å². The predicted octanol–water partition coefficient (Wildman–Crippen LogP) is 3.48. The van der Waals surface area contributed by atoms with Gasteiger partial charge in [-0.25, -0.2) is 0 Å². The number of ketones is 1. The van der Waals surface area contributed by atoms with Crippen LogP contribution in [0.25, 0.3) is 0 Å². The Hall–Kier alpha value is -2.33. The zero-order valence-electron chi connectivity index (χ0n) is 10.3. The second kappa shape index (κ2) is 5.84. The van der Waals surface area contributed by atoms with E-state index in [1.54, 1.807) is 6.92 Å². The maximum Gasteiger partial charge on any atom is 0.159 e. The van der Waals surface area contributed by atoms with E-state index in [-0.39, 0.29) is 5.78 Å². The molecule has 1 nitrogen and oxygen atoms in total. The largest absolute Gasteiger partial charge is 0.295 e. The van der Waals surface area contributed by atoms with Crippen LogP contribution < -0.4 is 0 Å². The molecular formula is C17H14O. The Morgan fingerprint density at radius 3 is 2.28 bits per heavy atom. The van der Waals surface area contributed by atoms with Crippen LogP contribution in [0.4, 0.5) is 0 Å². The van der Waals surface area contributed by atoms with Crippen LogP contribution in [-0.2, 0) is 6.42 Å². The van der Waals surface area contributed by atoms with E-state index in [4.69, 9.17) is 0 Å². The van der Waals surface area contributed by atoms with Crippen molar-refractivity contribution < 1.29 is 4.79 Å². The number of hydrogen-bond acceptors (Lipinski definition) is 1. The van der Waals surface area contributed by atoms with Gasteiger partial charge in [0.25, 0.3) is 0 Å². The normalized spacial score (nSPS) is 9.39. The summed E-state index contributed by atoms with van der Waals surface area (Å²) in [6.07, 6.45) is 0.745. The number of carbonyl (C=O) groups excluding carboxylic acids is 1. The molecule has 0 aliphatic heterocycles. The fourth-order valence-corrected chi connectivity index (χ4v) is 1.63. The highest BCUT2D eigenvalue weighted by atomic mass is 16.1. The molecule has 0 aliphatic rings. The molecule has 0 aromatic heterocycles.